The normalized spacial score (nSPS) is 41.8. The molecule has 14 bridgehead atoms. The van der Waals surface area contributed by atoms with Crippen LogP contribution in [0.25, 0.3) is 0 Å². The third-order valence-electron chi connectivity index (χ3n) is 19.5. The molecule has 1 aromatic heterocycles. The molecule has 24 rings (SSSR count). The van der Waals surface area contributed by atoms with Gasteiger partial charge in [-0.2, -0.15) is 23.4 Å². The van der Waals surface area contributed by atoms with Crippen molar-refractivity contribution >= 4 is 64.9 Å². The van der Waals surface area contributed by atoms with Crippen molar-refractivity contribution in [1.82, 2.24) is 15.0 Å². The quantitative estimate of drug-likeness (QED) is 0.0348. The molecular weight excluding hydrogens is 1620 g/mol. The van der Waals surface area contributed by atoms with Gasteiger partial charge < -0.3 is 184 Å². The summed E-state index contributed by atoms with van der Waals surface area (Å²) >= 11 is 6.17. The number of sulfone groups is 2. The van der Waals surface area contributed by atoms with Gasteiger partial charge in [0.1, 0.15) is 171 Å². The van der Waals surface area contributed by atoms with Crippen LogP contribution in [0, 0.1) is 0 Å². The number of nitrogens with one attached hydrogen (secondary N) is 2. The lowest BCUT2D eigenvalue weighted by Gasteiger charge is -2.50. The fourth-order valence-corrected chi connectivity index (χ4v) is 16.2. The average Bonchev–Trinajstić information content (AvgIpc) is 0.817. The summed E-state index contributed by atoms with van der Waals surface area (Å²) in [6, 6.07) is 9.95. The van der Waals surface area contributed by atoms with Crippen LogP contribution < -0.4 is 10.6 Å². The highest BCUT2D eigenvalue weighted by Gasteiger charge is 2.60. The number of aliphatic hydroxyl groups is 20. The van der Waals surface area contributed by atoms with Crippen LogP contribution in [-0.2, 0) is 105 Å². The number of rotatable bonds is 21. The van der Waals surface area contributed by atoms with E-state index in [0.29, 0.717) is 0 Å². The number of ether oxygens (including phenoxy) is 15. The summed E-state index contributed by atoms with van der Waals surface area (Å²) in [7, 11) is -13.3. The minimum Gasteiger partial charge on any atom is -0.394 e. The molecule has 52 heteroatoms. The second-order valence-electron chi connectivity index (χ2n) is 27.0. The Morgan fingerprint density at radius 1 is 0.327 bits per heavy atom. The van der Waals surface area contributed by atoms with Gasteiger partial charge in [-0.1, -0.05) is 0 Å². The number of hydrogen-bond acceptors (Lipinski definition) is 47. The Balaban J connectivity index is 0.814. The molecule has 113 heavy (non-hydrogen) atoms. The zero-order valence-corrected chi connectivity index (χ0v) is 61.6. The van der Waals surface area contributed by atoms with Gasteiger partial charge in [0, 0.05) is 11.4 Å². The molecule has 48 nitrogen and oxygen atoms in total. The lowest BCUT2D eigenvalue weighted by molar-refractivity contribution is -0.397. The predicted molar refractivity (Wildman–Crippen MR) is 358 cm³/mol. The van der Waals surface area contributed by atoms with Gasteiger partial charge in [0.05, 0.1) is 80.8 Å². The highest BCUT2D eigenvalue weighted by Crippen LogP contribution is 2.40. The molecule has 23 N–H and O–H groups in total. The molecule has 0 saturated carbocycles. The monoisotopic (exact) mass is 1710 g/mol. The lowest BCUT2D eigenvalue weighted by Crippen LogP contribution is -2.68. The molecule has 0 radical (unpaired) electrons. The molecule has 21 fully saturated rings. The Bertz CT molecular complexity index is 3910. The number of hydrogen-bond donors (Lipinski definition) is 23. The van der Waals surface area contributed by atoms with E-state index >= 15 is 0 Å². The van der Waals surface area contributed by atoms with Crippen LogP contribution in [0.2, 0.25) is 5.28 Å². The number of benzene rings is 2. The van der Waals surface area contributed by atoms with Crippen LogP contribution >= 0.6 is 11.6 Å². The molecule has 0 aliphatic carbocycles. The van der Waals surface area contributed by atoms with Crippen molar-refractivity contribution in [2.75, 3.05) is 81.6 Å². The third kappa shape index (κ3) is 20.3. The van der Waals surface area contributed by atoms with Crippen LogP contribution in [0.1, 0.15) is 0 Å². The third-order valence-corrected chi connectivity index (χ3v) is 23.5. The van der Waals surface area contributed by atoms with E-state index in [4.69, 9.17) is 87.2 Å². The zero-order valence-electron chi connectivity index (χ0n) is 58.4. The van der Waals surface area contributed by atoms with Crippen molar-refractivity contribution in [3.63, 3.8) is 0 Å². The Morgan fingerprint density at radius 2 is 0.558 bits per heavy atom. The maximum absolute atomic E-state index is 13.9. The van der Waals surface area contributed by atoms with Gasteiger partial charge >= 0.3 is 10.4 Å². The topological polar surface area (TPSA) is 738 Å². The summed E-state index contributed by atoms with van der Waals surface area (Å²) in [5.74, 6) is -1.93. The van der Waals surface area contributed by atoms with Gasteiger partial charge in [0.2, 0.25) is 17.2 Å². The second kappa shape index (κ2) is 38.0. The van der Waals surface area contributed by atoms with Crippen molar-refractivity contribution in [3.05, 3.63) is 53.8 Å². The molecule has 0 spiro atoms. The van der Waals surface area contributed by atoms with E-state index in [1.165, 1.54) is 48.5 Å². The Kier molecular flexibility index (Phi) is 30.1. The first-order valence-corrected chi connectivity index (χ1v) is 39.7. The summed E-state index contributed by atoms with van der Waals surface area (Å²) < 4.78 is 175. The minimum absolute atomic E-state index is 0.156. The van der Waals surface area contributed by atoms with Gasteiger partial charge in [-0.15, -0.1) is 0 Å². The van der Waals surface area contributed by atoms with E-state index in [2.05, 4.69) is 29.8 Å². The van der Waals surface area contributed by atoms with E-state index in [-0.39, 0.29) is 38.3 Å². The number of aromatic nitrogens is 3. The Morgan fingerprint density at radius 3 is 0.796 bits per heavy atom. The summed E-state index contributed by atoms with van der Waals surface area (Å²) in [5.41, 5.74) is 0.443. The number of aliphatic hydroxyl groups excluding tert-OH is 20. The highest BCUT2D eigenvalue weighted by molar-refractivity contribution is 7.91. The Hall–Kier alpha value is -4.29. The maximum Gasteiger partial charge on any atom is 0.397 e. The number of halogens is 1. The number of anilines is 4. The fourth-order valence-electron chi connectivity index (χ4n) is 13.5. The smallest absolute Gasteiger partial charge is 0.394 e. The van der Waals surface area contributed by atoms with Crippen molar-refractivity contribution in [1.29, 1.82) is 0 Å². The van der Waals surface area contributed by atoms with E-state index < -0.39 is 316 Å². The molecule has 21 saturated heterocycles. The summed E-state index contributed by atoms with van der Waals surface area (Å²) in [6.45, 7) is -9.16. The fraction of sp³-hybridized carbons (Fsp3) is 0.754. The summed E-state index contributed by atoms with van der Waals surface area (Å²) in [4.78, 5) is 11.7. The zero-order chi connectivity index (χ0) is 82.0. The van der Waals surface area contributed by atoms with Gasteiger partial charge in [0.25, 0.3) is 0 Å². The first kappa shape index (κ1) is 89.5. The highest BCUT2D eigenvalue weighted by atomic mass is 35.5. The van der Waals surface area contributed by atoms with Crippen molar-refractivity contribution in [2.24, 2.45) is 0 Å². The molecule has 22 heterocycles. The molecule has 21 aliphatic heterocycles. The van der Waals surface area contributed by atoms with E-state index in [1.807, 2.05) is 0 Å². The van der Waals surface area contributed by atoms with Crippen molar-refractivity contribution in [2.45, 2.75) is 225 Å². The minimum atomic E-state index is -4.89. The van der Waals surface area contributed by atoms with Crippen molar-refractivity contribution in [3.8, 4) is 0 Å². The summed E-state index contributed by atoms with van der Waals surface area (Å²) in [6.07, 6.45) is -73.8. The molecule has 2 aromatic carbocycles. The van der Waals surface area contributed by atoms with E-state index in [1.54, 1.807) is 0 Å². The lowest BCUT2D eigenvalue weighted by atomic mass is 9.95. The van der Waals surface area contributed by atoms with Crippen LogP contribution in [0.4, 0.5) is 23.3 Å². The predicted octanol–water partition coefficient (Wildman–Crippen LogP) is -12.8. The van der Waals surface area contributed by atoms with Crippen molar-refractivity contribution < 1.29 is 207 Å². The van der Waals surface area contributed by atoms with Gasteiger partial charge in [-0.05, 0) is 60.1 Å². The summed E-state index contributed by atoms with van der Waals surface area (Å²) in [5, 5.41) is 231. The Labute approximate surface area is 644 Å². The molecule has 640 valence electrons. The second-order valence-corrected chi connectivity index (χ2v) is 32.6. The molecule has 35 atom stereocenters. The number of nitrogens with zero attached hydrogens (tertiary/aromatic N) is 3. The molecule has 3 aromatic rings. The van der Waals surface area contributed by atoms with Gasteiger partial charge in [-0.3, -0.25) is 4.55 Å². The van der Waals surface area contributed by atoms with Crippen LogP contribution in [0.3, 0.4) is 0 Å². The van der Waals surface area contributed by atoms with E-state index in [0.717, 1.165) is 0 Å². The largest absolute Gasteiger partial charge is 0.397 e. The molecular formula is C61H88ClN5O43S3. The average molecular weight is 1710 g/mol. The van der Waals surface area contributed by atoms with Gasteiger partial charge in [0.15, 0.2) is 63.7 Å². The molecule has 0 unspecified atom stereocenters. The van der Waals surface area contributed by atoms with Crippen LogP contribution in [-0.4, -0.2) is 433 Å². The molecule has 21 aliphatic rings. The first-order valence-electron chi connectivity index (χ1n) is 34.7. The SMILES string of the molecule is O=S(=O)(O)OCCS(=O)(=O)c1ccc(Nc2nc(Cl)nc(Nc3ccc(S(=O)(=O)CCOC[C@H]4O[C@@H]5O[C@H]6[C@H](O)[C@@H](O)[C@@H](O[C@H]7[C@H](O)[C@@H](O)[C@@H](O[C@H]8[C@H](O)[C@@H](O)[C@@H](O[C@H]9[C@H](O)[C@@H](O)[C@@H](O[C@H]%10[C@H](O)[C@@H](O)[C@@H](O[C@H]%11[C@H](O)[C@@H](O)[C@@H](O[C@H]4[C@H](O)[C@H]5O)O[C@@H]%11CO)O[C@@H]%10CO)O[C@@H]9CO)O[C@@H]8CO)O[C@@H]7CO)O[C@@H]6CO)cc3)n2)cc1. The molecule has 0 amide bonds. The van der Waals surface area contributed by atoms with Crippen LogP contribution in [0.15, 0.2) is 58.3 Å². The maximum atomic E-state index is 13.9. The first-order chi connectivity index (χ1) is 53.5. The van der Waals surface area contributed by atoms with Crippen LogP contribution in [0.5, 0.6) is 0 Å². The van der Waals surface area contributed by atoms with Gasteiger partial charge in [-0.25, -0.2) is 21.0 Å². The van der Waals surface area contributed by atoms with E-state index in [9.17, 15) is 127 Å². The standard InChI is InChI=1S/C61H88ClN5O43S3/c62-59-65-60(67-61(66-59)64-21-3-7-23(8-4-21)112(90,91)12-10-96-113(92,93)94)63-20-1-5-22(6-2-20)111(88,89)11-9-95-19-30-51-37(80)44(87)58(103-30)109-50-29(18-73)101-56(42(85)35(50)78)107-48-27(16-71)99-54(40(83)33(48)76)105-46-25(14-69)97-52(38(81)31(46)74)104-45-24(13-68)98-53(39(82)32(45)75)106-47-26(15-70)100-55(41(84)34(47)77)108-49-28(17-72)102-57(110-51)43(86)36(49)79/h1-8,24-58,68-87H,9-19H2,(H,92,93,94)(H2,63,64,65,66,67)/t24-,25-,26-,27-,28-,29-,30-,31-,32-,33-,34-,35-,36-,37-,38-,39-,40-,41-,42-,43-,44-,45-,46-,47-,48-,49-,50-,51-,52-,53-,54-,55-,56-,57-,58-/m1/s1.